The molecule has 0 saturated heterocycles. The van der Waals surface area contributed by atoms with Gasteiger partial charge in [0.1, 0.15) is 0 Å². The van der Waals surface area contributed by atoms with Gasteiger partial charge in [0.15, 0.2) is 6.10 Å². The van der Waals surface area contributed by atoms with E-state index in [2.05, 4.69) is 59.0 Å². The average Bonchev–Trinajstić information content (AvgIpc) is 2.59. The number of ether oxygens (including phenoxy) is 1. The van der Waals surface area contributed by atoms with Gasteiger partial charge in [0.05, 0.1) is 5.76 Å². The van der Waals surface area contributed by atoms with E-state index in [1.54, 1.807) is 0 Å². The second-order valence-electron chi connectivity index (χ2n) is 5.62. The van der Waals surface area contributed by atoms with Crippen LogP contribution in [0.5, 0.6) is 0 Å². The molecule has 1 heterocycles. The van der Waals surface area contributed by atoms with Gasteiger partial charge in [0.25, 0.3) is 0 Å². The van der Waals surface area contributed by atoms with Crippen molar-refractivity contribution in [3.63, 3.8) is 0 Å². The largest absolute Gasteiger partial charge is 0.477 e. The van der Waals surface area contributed by atoms with Crippen molar-refractivity contribution in [1.82, 2.24) is 0 Å². The minimum atomic E-state index is -0.188. The van der Waals surface area contributed by atoms with Crippen LogP contribution in [0.25, 0.3) is 6.08 Å². The average molecular weight is 367 g/mol. The van der Waals surface area contributed by atoms with Crippen molar-refractivity contribution in [2.24, 2.45) is 0 Å². The molecule has 1 nitrogen and oxygen atoms in total. The van der Waals surface area contributed by atoms with Gasteiger partial charge in [0, 0.05) is 22.0 Å². The third-order valence-electron chi connectivity index (χ3n) is 3.83. The SMILES string of the molecule is CCCCC1=Cc2ccccc2C(C#Cc2ccc(Br)cc2)O1. The number of hydrogen-bond donors (Lipinski definition) is 0. The molecule has 0 aliphatic carbocycles. The normalized spacial score (nSPS) is 15.7. The van der Waals surface area contributed by atoms with E-state index in [-0.39, 0.29) is 6.10 Å². The highest BCUT2D eigenvalue weighted by molar-refractivity contribution is 9.10. The highest BCUT2D eigenvalue weighted by atomic mass is 79.9. The van der Waals surface area contributed by atoms with E-state index in [9.17, 15) is 0 Å². The zero-order chi connectivity index (χ0) is 16.1. The zero-order valence-electron chi connectivity index (χ0n) is 13.2. The van der Waals surface area contributed by atoms with Crippen LogP contribution < -0.4 is 0 Å². The molecule has 0 N–H and O–H groups in total. The van der Waals surface area contributed by atoms with Crippen LogP contribution >= 0.6 is 15.9 Å². The number of benzene rings is 2. The van der Waals surface area contributed by atoms with Crippen molar-refractivity contribution in [2.45, 2.75) is 32.3 Å². The van der Waals surface area contributed by atoms with E-state index < -0.39 is 0 Å². The van der Waals surface area contributed by atoms with Crippen molar-refractivity contribution < 1.29 is 4.74 Å². The minimum Gasteiger partial charge on any atom is -0.477 e. The summed E-state index contributed by atoms with van der Waals surface area (Å²) in [6.07, 6.45) is 5.24. The lowest BCUT2D eigenvalue weighted by atomic mass is 9.98. The van der Waals surface area contributed by atoms with Gasteiger partial charge < -0.3 is 4.74 Å². The van der Waals surface area contributed by atoms with Gasteiger partial charge >= 0.3 is 0 Å². The molecule has 1 atom stereocenters. The van der Waals surface area contributed by atoms with Crippen LogP contribution in [0.15, 0.2) is 58.8 Å². The van der Waals surface area contributed by atoms with Crippen molar-refractivity contribution >= 4 is 22.0 Å². The van der Waals surface area contributed by atoms with Gasteiger partial charge in [-0.1, -0.05) is 59.5 Å². The number of hydrogen-bond acceptors (Lipinski definition) is 1. The Balaban J connectivity index is 1.87. The van der Waals surface area contributed by atoms with E-state index in [1.165, 1.54) is 5.56 Å². The zero-order valence-corrected chi connectivity index (χ0v) is 14.8. The lowest BCUT2D eigenvalue weighted by Gasteiger charge is -2.23. The molecule has 0 saturated carbocycles. The van der Waals surface area contributed by atoms with Crippen LogP contribution in [-0.4, -0.2) is 0 Å². The van der Waals surface area contributed by atoms with Gasteiger partial charge in [0.2, 0.25) is 0 Å². The maximum Gasteiger partial charge on any atom is 0.184 e. The Labute approximate surface area is 146 Å². The number of fused-ring (bicyclic) bond motifs is 1. The maximum atomic E-state index is 6.14. The van der Waals surface area contributed by atoms with E-state index in [1.807, 2.05) is 30.3 Å². The number of allylic oxidation sites excluding steroid dienone is 1. The summed E-state index contributed by atoms with van der Waals surface area (Å²) in [7, 11) is 0. The summed E-state index contributed by atoms with van der Waals surface area (Å²) in [5.41, 5.74) is 3.37. The fourth-order valence-corrected chi connectivity index (χ4v) is 2.84. The highest BCUT2D eigenvalue weighted by Crippen LogP contribution is 2.32. The fraction of sp³-hybridized carbons (Fsp3) is 0.238. The van der Waals surface area contributed by atoms with Crippen LogP contribution in [0.2, 0.25) is 0 Å². The van der Waals surface area contributed by atoms with Crippen LogP contribution in [0.3, 0.4) is 0 Å². The highest BCUT2D eigenvalue weighted by Gasteiger charge is 2.19. The summed E-state index contributed by atoms with van der Waals surface area (Å²) in [6.45, 7) is 2.20. The molecule has 1 aliphatic heterocycles. The van der Waals surface area contributed by atoms with E-state index in [4.69, 9.17) is 4.74 Å². The molecule has 2 aromatic carbocycles. The molecule has 0 aromatic heterocycles. The smallest absolute Gasteiger partial charge is 0.184 e. The summed E-state index contributed by atoms with van der Waals surface area (Å²) in [5.74, 6) is 7.57. The Morgan fingerprint density at radius 3 is 2.65 bits per heavy atom. The molecule has 0 radical (unpaired) electrons. The van der Waals surface area contributed by atoms with Gasteiger partial charge in [-0.05, 0) is 48.2 Å². The fourth-order valence-electron chi connectivity index (χ4n) is 2.57. The molecular weight excluding hydrogens is 348 g/mol. The third-order valence-corrected chi connectivity index (χ3v) is 4.36. The van der Waals surface area contributed by atoms with Gasteiger partial charge in [-0.2, -0.15) is 0 Å². The van der Waals surface area contributed by atoms with Crippen molar-refractivity contribution in [1.29, 1.82) is 0 Å². The lowest BCUT2D eigenvalue weighted by molar-refractivity contribution is 0.153. The molecule has 116 valence electrons. The predicted molar refractivity (Wildman–Crippen MR) is 98.8 cm³/mol. The summed E-state index contributed by atoms with van der Waals surface area (Å²) in [6, 6.07) is 16.4. The van der Waals surface area contributed by atoms with Crippen molar-refractivity contribution in [2.75, 3.05) is 0 Å². The Kier molecular flexibility index (Phi) is 5.20. The van der Waals surface area contributed by atoms with Gasteiger partial charge in [-0.3, -0.25) is 0 Å². The number of rotatable bonds is 3. The maximum absolute atomic E-state index is 6.14. The molecule has 0 fully saturated rings. The van der Waals surface area contributed by atoms with Crippen LogP contribution in [-0.2, 0) is 4.74 Å². The van der Waals surface area contributed by atoms with E-state index >= 15 is 0 Å². The number of halogens is 1. The first-order valence-electron chi connectivity index (χ1n) is 7.99. The first-order valence-corrected chi connectivity index (χ1v) is 8.79. The molecule has 23 heavy (non-hydrogen) atoms. The van der Waals surface area contributed by atoms with Crippen molar-refractivity contribution in [3.05, 3.63) is 75.5 Å². The second kappa shape index (κ2) is 7.53. The number of unbranched alkanes of at least 4 members (excludes halogenated alkanes) is 1. The summed E-state index contributed by atoms with van der Waals surface area (Å²) in [4.78, 5) is 0. The van der Waals surface area contributed by atoms with Crippen molar-refractivity contribution in [3.8, 4) is 11.8 Å². The Morgan fingerprint density at radius 2 is 1.87 bits per heavy atom. The Bertz CT molecular complexity index is 762. The minimum absolute atomic E-state index is 0.188. The quantitative estimate of drug-likeness (QED) is 0.596. The van der Waals surface area contributed by atoms with Crippen LogP contribution in [0.4, 0.5) is 0 Å². The molecule has 0 spiro atoms. The Morgan fingerprint density at radius 1 is 1.09 bits per heavy atom. The topological polar surface area (TPSA) is 9.23 Å². The van der Waals surface area contributed by atoms with Gasteiger partial charge in [-0.25, -0.2) is 0 Å². The van der Waals surface area contributed by atoms with E-state index in [0.717, 1.165) is 40.6 Å². The standard InChI is InChI=1S/C21H19BrO/c1-2-3-7-19-15-17-6-4-5-8-20(17)21(23-19)14-11-16-9-12-18(22)13-10-16/h4-6,8-10,12-13,15,21H,2-3,7H2,1H3. The first-order chi connectivity index (χ1) is 11.3. The molecular formula is C21H19BrO. The third kappa shape index (κ3) is 4.06. The summed E-state index contributed by atoms with van der Waals surface area (Å²) >= 11 is 3.45. The Hall–Kier alpha value is -1.98. The predicted octanol–water partition coefficient (Wildman–Crippen LogP) is 6.10. The van der Waals surface area contributed by atoms with Crippen LogP contribution in [0, 0.1) is 11.8 Å². The molecule has 2 aromatic rings. The molecule has 0 bridgehead atoms. The molecule has 1 unspecified atom stereocenters. The molecule has 2 heteroatoms. The molecule has 1 aliphatic rings. The molecule has 0 amide bonds. The summed E-state index contributed by atoms with van der Waals surface area (Å²) < 4.78 is 7.20. The first kappa shape index (κ1) is 15.9. The molecule has 3 rings (SSSR count). The van der Waals surface area contributed by atoms with Crippen LogP contribution in [0.1, 0.15) is 49.0 Å². The summed E-state index contributed by atoms with van der Waals surface area (Å²) in [5, 5.41) is 0. The monoisotopic (exact) mass is 366 g/mol. The lowest BCUT2D eigenvalue weighted by Crippen LogP contribution is -2.09. The second-order valence-corrected chi connectivity index (χ2v) is 6.53. The van der Waals surface area contributed by atoms with E-state index in [0.29, 0.717) is 0 Å². The van der Waals surface area contributed by atoms with Gasteiger partial charge in [-0.15, -0.1) is 0 Å².